The fourth-order valence-corrected chi connectivity index (χ4v) is 8.92. The van der Waals surface area contributed by atoms with Crippen molar-refractivity contribution >= 4 is 52.7 Å². The van der Waals surface area contributed by atoms with Crippen molar-refractivity contribution in [2.45, 2.75) is 103 Å². The van der Waals surface area contributed by atoms with Crippen LogP contribution in [0.1, 0.15) is 103 Å². The molecule has 16 nitrogen and oxygen atoms in total. The molecule has 6 amide bonds. The van der Waals surface area contributed by atoms with Gasteiger partial charge in [-0.15, -0.1) is 0 Å². The highest BCUT2D eigenvalue weighted by molar-refractivity contribution is 6.30. The van der Waals surface area contributed by atoms with Crippen LogP contribution < -0.4 is 37.6 Å². The summed E-state index contributed by atoms with van der Waals surface area (Å²) in [5.41, 5.74) is 9.67. The Balaban J connectivity index is 1.05. The van der Waals surface area contributed by atoms with E-state index in [1.54, 1.807) is 49.4 Å². The van der Waals surface area contributed by atoms with Gasteiger partial charge in [-0.25, -0.2) is 0 Å². The number of nitrogens with two attached hydrogens (primary N) is 1. The highest BCUT2D eigenvalue weighted by Crippen LogP contribution is 2.32. The number of nitrogens with one attached hydrogen (secondary N) is 6. The number of hydrogen-bond donors (Lipinski definition) is 7. The zero-order valence-electron chi connectivity index (χ0n) is 40.4. The van der Waals surface area contributed by atoms with E-state index in [4.69, 9.17) is 5.73 Å². The first-order chi connectivity index (χ1) is 33.7. The minimum atomic E-state index is -1.07. The summed E-state index contributed by atoms with van der Waals surface area (Å²) < 4.78 is 0. The molecule has 0 radical (unpaired) electrons. The van der Waals surface area contributed by atoms with Crippen LogP contribution in [-0.4, -0.2) is 108 Å². The number of carbonyl (C=O) groups excluding carboxylic acids is 8. The van der Waals surface area contributed by atoms with Crippen molar-refractivity contribution in [1.29, 1.82) is 0 Å². The van der Waals surface area contributed by atoms with E-state index in [0.29, 0.717) is 73.1 Å². The van der Waals surface area contributed by atoms with Gasteiger partial charge in [0.2, 0.25) is 35.4 Å². The first kappa shape index (κ1) is 52.2. The lowest BCUT2D eigenvalue weighted by molar-refractivity contribution is -0.141. The predicted octanol–water partition coefficient (Wildman–Crippen LogP) is 3.85. The minimum absolute atomic E-state index is 0.125. The topological polar surface area (TPSA) is 238 Å². The van der Waals surface area contributed by atoms with Crippen LogP contribution in [0.2, 0.25) is 0 Å². The maximum absolute atomic E-state index is 14.3. The van der Waals surface area contributed by atoms with E-state index in [9.17, 15) is 38.4 Å². The molecule has 2 aliphatic rings. The second-order valence-electron chi connectivity index (χ2n) is 18.6. The molecule has 0 aromatic heterocycles. The highest BCUT2D eigenvalue weighted by Gasteiger charge is 2.38. The van der Waals surface area contributed by atoms with Crippen LogP contribution in [0.25, 0.3) is 0 Å². The van der Waals surface area contributed by atoms with Gasteiger partial charge in [-0.1, -0.05) is 131 Å². The molecule has 1 aliphatic carbocycles. The molecule has 6 atom stereocenters. The molecule has 0 spiro atoms. The van der Waals surface area contributed by atoms with Crippen molar-refractivity contribution in [3.05, 3.63) is 137 Å². The predicted molar refractivity (Wildman–Crippen MR) is 267 cm³/mol. The molecular weight excluding hydrogens is 889 g/mol. The lowest BCUT2D eigenvalue weighted by Gasteiger charge is -2.29. The fourth-order valence-electron chi connectivity index (χ4n) is 8.92. The molecule has 1 fully saturated rings. The monoisotopic (exact) mass is 955 g/mol. The quantitative estimate of drug-likeness (QED) is 0.0467. The molecule has 1 saturated heterocycles. The van der Waals surface area contributed by atoms with Gasteiger partial charge >= 0.3 is 0 Å². The van der Waals surface area contributed by atoms with Gasteiger partial charge in [-0.2, -0.15) is 0 Å². The Morgan fingerprint density at radius 1 is 0.671 bits per heavy atom. The molecule has 0 saturated carbocycles. The van der Waals surface area contributed by atoms with Crippen molar-refractivity contribution in [1.82, 2.24) is 31.5 Å². The summed E-state index contributed by atoms with van der Waals surface area (Å²) in [5.74, 6) is -3.76. The van der Waals surface area contributed by atoms with Gasteiger partial charge in [0.05, 0.1) is 18.2 Å². The van der Waals surface area contributed by atoms with Crippen LogP contribution in [0.15, 0.2) is 103 Å². The van der Waals surface area contributed by atoms with Gasteiger partial charge in [0.25, 0.3) is 0 Å². The molecule has 4 aromatic rings. The lowest BCUT2D eigenvalue weighted by atomic mass is 9.83. The number of carbonyl (C=O) groups is 8. The van der Waals surface area contributed by atoms with Crippen molar-refractivity contribution in [3.63, 3.8) is 0 Å². The zero-order chi connectivity index (χ0) is 50.3. The first-order valence-corrected chi connectivity index (χ1v) is 24.3. The van der Waals surface area contributed by atoms with Crippen LogP contribution in [-0.2, 0) is 41.6 Å². The minimum Gasteiger partial charge on any atom is -0.384 e. The van der Waals surface area contributed by atoms with Crippen molar-refractivity contribution in [2.24, 2.45) is 17.6 Å². The molecule has 16 heteroatoms. The number of hydrogen-bond acceptors (Lipinski definition) is 10. The second-order valence-corrected chi connectivity index (χ2v) is 18.6. The van der Waals surface area contributed by atoms with E-state index in [2.05, 4.69) is 31.9 Å². The third-order valence-electron chi connectivity index (χ3n) is 12.9. The summed E-state index contributed by atoms with van der Waals surface area (Å²) in [6, 6.07) is 25.4. The Morgan fingerprint density at radius 2 is 1.29 bits per heavy atom. The summed E-state index contributed by atoms with van der Waals surface area (Å²) >= 11 is 0. The molecule has 370 valence electrons. The standard InChI is InChI=1S/C54H66N8O8/c1-5-34(4)47(61-51(67)42(30-35-17-8-6-9-18-35)60-50(66)40(55)29-33(2)3)53(69)58-32-45(63)59-43(31-36-19-10-7-11-20-36)54(70)62-28-15-25-44(62)52(68)57-27-16-26-56-41-24-14-23-39-46(41)49(65)38-22-13-12-21-37(38)48(39)64/h6-14,17-24,33-34,40,42-44,47,56H,5,15-16,25-32,55H2,1-4H3,(H,57,68)(H,58,69)(H,59,63)(H,60,66)(H,61,67)/t34?,40-,42-,43-,44-,47-/m0/s1. The second kappa shape index (κ2) is 24.9. The van der Waals surface area contributed by atoms with E-state index in [0.717, 1.165) is 11.1 Å². The number of anilines is 1. The third kappa shape index (κ3) is 13.5. The van der Waals surface area contributed by atoms with Gasteiger partial charge in [-0.05, 0) is 54.7 Å². The number of rotatable bonds is 23. The molecule has 70 heavy (non-hydrogen) atoms. The number of amides is 6. The largest absolute Gasteiger partial charge is 0.384 e. The fraction of sp³-hybridized carbons (Fsp3) is 0.407. The molecule has 4 aromatic carbocycles. The maximum Gasteiger partial charge on any atom is 0.246 e. The summed E-state index contributed by atoms with van der Waals surface area (Å²) in [5, 5.41) is 17.3. The van der Waals surface area contributed by atoms with Gasteiger partial charge in [0.15, 0.2) is 11.6 Å². The Labute approximate surface area is 409 Å². The third-order valence-corrected chi connectivity index (χ3v) is 12.9. The Kier molecular flexibility index (Phi) is 18.6. The van der Waals surface area contributed by atoms with Gasteiger partial charge < -0.3 is 42.5 Å². The Morgan fingerprint density at radius 3 is 1.93 bits per heavy atom. The van der Waals surface area contributed by atoms with Gasteiger partial charge in [-0.3, -0.25) is 38.4 Å². The summed E-state index contributed by atoms with van der Waals surface area (Å²) in [6.07, 6.45) is 2.68. The Bertz CT molecular complexity index is 2520. The van der Waals surface area contributed by atoms with Crippen LogP contribution >= 0.6 is 0 Å². The van der Waals surface area contributed by atoms with Crippen molar-refractivity contribution in [3.8, 4) is 0 Å². The average Bonchev–Trinajstić information content (AvgIpc) is 3.86. The normalized spacial score (nSPS) is 16.1. The molecule has 0 bridgehead atoms. The SMILES string of the molecule is CCC(C)[C@H](NC(=O)[C@H](Cc1ccccc1)NC(=O)[C@@H](N)CC(C)C)C(=O)NCC(=O)N[C@@H](Cc1ccccc1)C(=O)N1CCC[C@H]1C(=O)NCCCNc1cccc2c1C(=O)c1ccccc1C2=O. The van der Waals surface area contributed by atoms with Gasteiger partial charge in [0, 0.05) is 54.9 Å². The lowest BCUT2D eigenvalue weighted by Crippen LogP contribution is -2.59. The van der Waals surface area contributed by atoms with E-state index in [1.165, 1.54) is 4.90 Å². The van der Waals surface area contributed by atoms with Crippen LogP contribution in [0.3, 0.4) is 0 Å². The first-order valence-electron chi connectivity index (χ1n) is 24.3. The zero-order valence-corrected chi connectivity index (χ0v) is 40.4. The van der Waals surface area contributed by atoms with Crippen LogP contribution in [0.4, 0.5) is 5.69 Å². The summed E-state index contributed by atoms with van der Waals surface area (Å²) in [4.78, 5) is 111. The number of fused-ring (bicyclic) bond motifs is 2. The summed E-state index contributed by atoms with van der Waals surface area (Å²) in [6.45, 7) is 8.01. The molecule has 1 aliphatic heterocycles. The maximum atomic E-state index is 14.3. The molecule has 1 unspecified atom stereocenters. The molecule has 1 heterocycles. The van der Waals surface area contributed by atoms with Crippen LogP contribution in [0.5, 0.6) is 0 Å². The number of likely N-dealkylation sites (tertiary alicyclic amines) is 1. The number of ketones is 2. The number of nitrogens with zero attached hydrogens (tertiary/aromatic N) is 1. The molecular formula is C54H66N8O8. The van der Waals surface area contributed by atoms with E-state index < -0.39 is 66.3 Å². The Hall–Kier alpha value is -7.20. The van der Waals surface area contributed by atoms with E-state index in [-0.39, 0.29) is 48.7 Å². The smallest absolute Gasteiger partial charge is 0.246 e. The number of benzene rings is 4. The molecule has 8 N–H and O–H groups in total. The van der Waals surface area contributed by atoms with E-state index in [1.807, 2.05) is 81.4 Å². The highest BCUT2D eigenvalue weighted by atomic mass is 16.2. The summed E-state index contributed by atoms with van der Waals surface area (Å²) in [7, 11) is 0. The van der Waals surface area contributed by atoms with Crippen molar-refractivity contribution in [2.75, 3.05) is 31.5 Å². The van der Waals surface area contributed by atoms with Crippen molar-refractivity contribution < 1.29 is 38.4 Å². The van der Waals surface area contributed by atoms with E-state index >= 15 is 0 Å². The van der Waals surface area contributed by atoms with Crippen LogP contribution in [0, 0.1) is 11.8 Å². The average molecular weight is 955 g/mol. The molecule has 6 rings (SSSR count). The van der Waals surface area contributed by atoms with Gasteiger partial charge in [0.1, 0.15) is 24.2 Å².